The van der Waals surface area contributed by atoms with Crippen molar-refractivity contribution < 1.29 is 0 Å². The predicted octanol–water partition coefficient (Wildman–Crippen LogP) is 2.21. The molecular formula is C15H22N2. The number of rotatable bonds is 2. The minimum Gasteiger partial charge on any atom is -0.302 e. The van der Waals surface area contributed by atoms with Gasteiger partial charge in [0, 0.05) is 25.7 Å². The molecule has 2 nitrogen and oxygen atoms in total. The van der Waals surface area contributed by atoms with E-state index in [2.05, 4.69) is 47.2 Å². The van der Waals surface area contributed by atoms with E-state index in [-0.39, 0.29) is 0 Å². The van der Waals surface area contributed by atoms with Crippen molar-refractivity contribution in [2.45, 2.75) is 25.4 Å². The molecule has 2 fully saturated rings. The number of hydrogen-bond donors (Lipinski definition) is 0. The van der Waals surface area contributed by atoms with E-state index in [1.165, 1.54) is 38.0 Å². The Balaban J connectivity index is 1.65. The maximum atomic E-state index is 2.64. The Bertz CT molecular complexity index is 362. The maximum Gasteiger partial charge on any atom is 0.0234 e. The molecule has 2 atom stereocenters. The van der Waals surface area contributed by atoms with Crippen LogP contribution in [0.15, 0.2) is 30.3 Å². The quantitative estimate of drug-likeness (QED) is 0.768. The Morgan fingerprint density at radius 2 is 2.00 bits per heavy atom. The van der Waals surface area contributed by atoms with Crippen LogP contribution in [0.4, 0.5) is 0 Å². The van der Waals surface area contributed by atoms with E-state index in [0.717, 1.165) is 18.5 Å². The highest BCUT2D eigenvalue weighted by atomic mass is 15.2. The van der Waals surface area contributed by atoms with Gasteiger partial charge in [0.05, 0.1) is 0 Å². The molecule has 0 unspecified atom stereocenters. The summed E-state index contributed by atoms with van der Waals surface area (Å²) >= 11 is 0. The molecule has 2 heterocycles. The van der Waals surface area contributed by atoms with E-state index < -0.39 is 0 Å². The van der Waals surface area contributed by atoms with E-state index in [9.17, 15) is 0 Å². The topological polar surface area (TPSA) is 6.48 Å². The van der Waals surface area contributed by atoms with Crippen LogP contribution in [0, 0.1) is 5.92 Å². The first-order chi connectivity index (χ1) is 8.31. The van der Waals surface area contributed by atoms with Gasteiger partial charge in [-0.25, -0.2) is 0 Å². The second-order valence-electron chi connectivity index (χ2n) is 5.70. The van der Waals surface area contributed by atoms with Gasteiger partial charge in [0.2, 0.25) is 0 Å². The molecular weight excluding hydrogens is 208 g/mol. The van der Waals surface area contributed by atoms with Gasteiger partial charge >= 0.3 is 0 Å². The van der Waals surface area contributed by atoms with Crippen LogP contribution < -0.4 is 0 Å². The zero-order chi connectivity index (χ0) is 11.7. The maximum absolute atomic E-state index is 2.64. The van der Waals surface area contributed by atoms with Crippen molar-refractivity contribution in [2.75, 3.05) is 26.7 Å². The molecule has 0 saturated carbocycles. The molecule has 1 aromatic carbocycles. The first kappa shape index (κ1) is 11.2. The molecule has 2 bridgehead atoms. The Labute approximate surface area is 104 Å². The Morgan fingerprint density at radius 3 is 2.82 bits per heavy atom. The highest BCUT2D eigenvalue weighted by Gasteiger charge is 2.33. The molecule has 2 heteroatoms. The fourth-order valence-corrected chi connectivity index (χ4v) is 3.34. The molecule has 0 spiro atoms. The molecule has 3 rings (SSSR count). The summed E-state index contributed by atoms with van der Waals surface area (Å²) in [6, 6.07) is 11.7. The highest BCUT2D eigenvalue weighted by molar-refractivity contribution is 5.14. The van der Waals surface area contributed by atoms with Crippen LogP contribution in [0.5, 0.6) is 0 Å². The average Bonchev–Trinajstić information content (AvgIpc) is 2.36. The van der Waals surface area contributed by atoms with Crippen LogP contribution in [0.1, 0.15) is 18.4 Å². The van der Waals surface area contributed by atoms with E-state index in [4.69, 9.17) is 0 Å². The summed E-state index contributed by atoms with van der Waals surface area (Å²) in [5.41, 5.74) is 1.45. The molecule has 0 aromatic heterocycles. The second kappa shape index (κ2) is 4.79. The van der Waals surface area contributed by atoms with Crippen molar-refractivity contribution in [2.24, 2.45) is 5.92 Å². The normalized spacial score (nSPS) is 30.4. The SMILES string of the molecule is CN1CC[C@H]2C[C@H]1CN(Cc1ccccc1)C2. The van der Waals surface area contributed by atoms with Crippen LogP contribution in [0.3, 0.4) is 0 Å². The first-order valence-electron chi connectivity index (χ1n) is 6.78. The van der Waals surface area contributed by atoms with Crippen LogP contribution in [0.2, 0.25) is 0 Å². The van der Waals surface area contributed by atoms with E-state index in [0.29, 0.717) is 0 Å². The molecule has 0 amide bonds. The lowest BCUT2D eigenvalue weighted by atomic mass is 9.86. The molecule has 2 aliphatic heterocycles. The Kier molecular flexibility index (Phi) is 3.17. The number of nitrogens with zero attached hydrogens (tertiary/aromatic N) is 2. The van der Waals surface area contributed by atoms with Gasteiger partial charge in [-0.15, -0.1) is 0 Å². The van der Waals surface area contributed by atoms with Crippen molar-refractivity contribution in [1.82, 2.24) is 9.80 Å². The van der Waals surface area contributed by atoms with Gasteiger partial charge in [0.25, 0.3) is 0 Å². The van der Waals surface area contributed by atoms with Crippen LogP contribution in [-0.4, -0.2) is 42.5 Å². The second-order valence-corrected chi connectivity index (χ2v) is 5.70. The molecule has 92 valence electrons. The minimum absolute atomic E-state index is 0.797. The minimum atomic E-state index is 0.797. The number of likely N-dealkylation sites (N-methyl/N-ethyl adjacent to an activating group) is 1. The molecule has 2 aliphatic rings. The number of benzene rings is 1. The molecule has 0 radical (unpaired) electrons. The van der Waals surface area contributed by atoms with Crippen LogP contribution in [0.25, 0.3) is 0 Å². The molecule has 1 aromatic rings. The summed E-state index contributed by atoms with van der Waals surface area (Å²) < 4.78 is 0. The summed E-state index contributed by atoms with van der Waals surface area (Å²) in [5, 5.41) is 0. The largest absolute Gasteiger partial charge is 0.302 e. The summed E-state index contributed by atoms with van der Waals surface area (Å²) in [5.74, 6) is 0.939. The Hall–Kier alpha value is -0.860. The van der Waals surface area contributed by atoms with Crippen molar-refractivity contribution >= 4 is 0 Å². The molecule has 17 heavy (non-hydrogen) atoms. The lowest BCUT2D eigenvalue weighted by molar-refractivity contribution is 0.0325. The number of fused-ring (bicyclic) bond motifs is 2. The lowest BCUT2D eigenvalue weighted by Gasteiger charge is -2.46. The number of likely N-dealkylation sites (tertiary alicyclic amines) is 2. The summed E-state index contributed by atoms with van der Waals surface area (Å²) in [4.78, 5) is 5.19. The van der Waals surface area contributed by atoms with Crippen molar-refractivity contribution in [3.8, 4) is 0 Å². The fraction of sp³-hybridized carbons (Fsp3) is 0.600. The van der Waals surface area contributed by atoms with Crippen LogP contribution in [-0.2, 0) is 6.54 Å². The summed E-state index contributed by atoms with van der Waals surface area (Å²) in [7, 11) is 2.28. The summed E-state index contributed by atoms with van der Waals surface area (Å²) in [6.07, 6.45) is 2.81. The lowest BCUT2D eigenvalue weighted by Crippen LogP contribution is -2.53. The standard InChI is InChI=1S/C15H22N2/c1-16-8-7-14-9-15(16)12-17(11-14)10-13-5-3-2-4-6-13/h2-6,14-15H,7-12H2,1H3/t14-,15-/m0/s1. The first-order valence-corrected chi connectivity index (χ1v) is 6.78. The van der Waals surface area contributed by atoms with Crippen molar-refractivity contribution in [3.63, 3.8) is 0 Å². The number of piperidine rings is 2. The van der Waals surface area contributed by atoms with Gasteiger partial charge in [-0.2, -0.15) is 0 Å². The monoisotopic (exact) mass is 230 g/mol. The van der Waals surface area contributed by atoms with Gasteiger partial charge in [-0.3, -0.25) is 4.90 Å². The van der Waals surface area contributed by atoms with Crippen LogP contribution >= 0.6 is 0 Å². The smallest absolute Gasteiger partial charge is 0.0234 e. The zero-order valence-corrected chi connectivity index (χ0v) is 10.7. The van der Waals surface area contributed by atoms with Gasteiger partial charge in [0.15, 0.2) is 0 Å². The van der Waals surface area contributed by atoms with Crippen molar-refractivity contribution in [3.05, 3.63) is 35.9 Å². The van der Waals surface area contributed by atoms with E-state index in [1.54, 1.807) is 0 Å². The third kappa shape index (κ3) is 2.53. The predicted molar refractivity (Wildman–Crippen MR) is 70.9 cm³/mol. The average molecular weight is 230 g/mol. The van der Waals surface area contributed by atoms with E-state index >= 15 is 0 Å². The highest BCUT2D eigenvalue weighted by Crippen LogP contribution is 2.28. The molecule has 0 N–H and O–H groups in total. The van der Waals surface area contributed by atoms with Gasteiger partial charge < -0.3 is 4.90 Å². The fourth-order valence-electron chi connectivity index (χ4n) is 3.34. The molecule has 2 saturated heterocycles. The van der Waals surface area contributed by atoms with E-state index in [1.807, 2.05) is 0 Å². The Morgan fingerprint density at radius 1 is 1.18 bits per heavy atom. The zero-order valence-electron chi connectivity index (χ0n) is 10.7. The third-order valence-corrected chi connectivity index (χ3v) is 4.35. The van der Waals surface area contributed by atoms with Gasteiger partial charge in [0.1, 0.15) is 0 Å². The molecule has 0 aliphatic carbocycles. The van der Waals surface area contributed by atoms with Crippen molar-refractivity contribution in [1.29, 1.82) is 0 Å². The van der Waals surface area contributed by atoms with Gasteiger partial charge in [-0.05, 0) is 37.9 Å². The van der Waals surface area contributed by atoms with Gasteiger partial charge in [-0.1, -0.05) is 30.3 Å². The number of hydrogen-bond acceptors (Lipinski definition) is 2. The summed E-state index contributed by atoms with van der Waals surface area (Å²) in [6.45, 7) is 4.98. The third-order valence-electron chi connectivity index (χ3n) is 4.35.